The summed E-state index contributed by atoms with van der Waals surface area (Å²) in [5.74, 6) is 9.13. The van der Waals surface area contributed by atoms with Crippen molar-refractivity contribution >= 4 is 39.1 Å². The van der Waals surface area contributed by atoms with E-state index < -0.39 is 52.3 Å². The minimum absolute atomic E-state index is 0.533. The summed E-state index contributed by atoms with van der Waals surface area (Å²) in [6.45, 7) is 1.21. The van der Waals surface area contributed by atoms with Crippen LogP contribution in [0, 0.1) is 0 Å². The fraction of sp³-hybridized carbons (Fsp3) is 1.00. The zero-order valence-electron chi connectivity index (χ0n) is 13.5. The highest BCUT2D eigenvalue weighted by Crippen LogP contribution is 2.76. The van der Waals surface area contributed by atoms with E-state index in [0.717, 1.165) is 6.92 Å². The van der Waals surface area contributed by atoms with Crippen LogP contribution < -0.4 is 11.8 Å². The summed E-state index contributed by atoms with van der Waals surface area (Å²) >= 11 is 0. The van der Waals surface area contributed by atoms with E-state index in [4.69, 9.17) is 9.79 Å². The molecule has 3 unspecified atom stereocenters. The minimum atomic E-state index is -5.82. The molecule has 0 spiro atoms. The molecule has 18 nitrogen and oxygen atoms in total. The number of phosphoric acid groups is 5. The molecule has 0 aliphatic heterocycles. The molecular formula is C4H17N2O16P5. The van der Waals surface area contributed by atoms with E-state index >= 15 is 0 Å². The average Bonchev–Trinajstić information content (AvgIpc) is 2.43. The average molecular weight is 504 g/mol. The third kappa shape index (κ3) is 10.8. The summed E-state index contributed by atoms with van der Waals surface area (Å²) in [6.07, 6.45) is 0. The van der Waals surface area contributed by atoms with Crippen molar-refractivity contribution < 1.29 is 73.0 Å². The van der Waals surface area contributed by atoms with Crippen LogP contribution in [0.15, 0.2) is 0 Å². The highest BCUT2D eigenvalue weighted by Gasteiger charge is 2.51. The smallest absolute Gasteiger partial charge is 0.302 e. The monoisotopic (exact) mass is 504 g/mol. The van der Waals surface area contributed by atoms with Gasteiger partial charge in [-0.25, -0.2) is 34.6 Å². The molecule has 0 saturated heterocycles. The Balaban J connectivity index is 5.79. The Kier molecular flexibility index (Phi) is 10.8. The van der Waals surface area contributed by atoms with Crippen molar-refractivity contribution in [2.75, 3.05) is 13.2 Å². The molecule has 0 rings (SSSR count). The summed E-state index contributed by atoms with van der Waals surface area (Å²) in [5, 5.41) is 0. The van der Waals surface area contributed by atoms with Gasteiger partial charge in [-0.3, -0.25) is 9.05 Å². The van der Waals surface area contributed by atoms with Crippen molar-refractivity contribution in [1.29, 1.82) is 0 Å². The SMILES string of the molecule is CCOP(=O)(OP(=O)(O)OP(=O)(O)O)OP(=O)(OCC)OP(=O)(ON)ON. The van der Waals surface area contributed by atoms with Gasteiger partial charge in [0.15, 0.2) is 0 Å². The lowest BCUT2D eigenvalue weighted by Gasteiger charge is -2.24. The molecule has 0 heterocycles. The summed E-state index contributed by atoms with van der Waals surface area (Å²) in [5.41, 5.74) is 0. The van der Waals surface area contributed by atoms with Gasteiger partial charge in [0, 0.05) is 0 Å². The van der Waals surface area contributed by atoms with Gasteiger partial charge in [-0.05, 0) is 13.8 Å². The van der Waals surface area contributed by atoms with Crippen LogP contribution in [-0.2, 0) is 58.4 Å². The Morgan fingerprint density at radius 2 is 1.04 bits per heavy atom. The number of nitrogens with two attached hydrogens (primary N) is 2. The molecule has 0 bridgehead atoms. The third-order valence-electron chi connectivity index (χ3n) is 1.65. The molecule has 23 heteroatoms. The number of hydrogen-bond donors (Lipinski definition) is 5. The minimum Gasteiger partial charge on any atom is -0.302 e. The van der Waals surface area contributed by atoms with Crippen molar-refractivity contribution in [2.24, 2.45) is 11.8 Å². The van der Waals surface area contributed by atoms with Crippen molar-refractivity contribution in [3.63, 3.8) is 0 Å². The Bertz CT molecular complexity index is 708. The van der Waals surface area contributed by atoms with Crippen molar-refractivity contribution in [3.05, 3.63) is 0 Å². The lowest BCUT2D eigenvalue weighted by molar-refractivity contribution is 0.121. The first kappa shape index (κ1) is 27.6. The molecule has 7 N–H and O–H groups in total. The molecule has 0 amide bonds. The first-order chi connectivity index (χ1) is 12.1. The predicted molar refractivity (Wildman–Crippen MR) is 82.8 cm³/mol. The van der Waals surface area contributed by atoms with Gasteiger partial charge in [-0.1, -0.05) is 0 Å². The van der Waals surface area contributed by atoms with Gasteiger partial charge in [0.25, 0.3) is 0 Å². The van der Waals surface area contributed by atoms with E-state index in [-0.39, 0.29) is 0 Å². The molecule has 0 aromatic heterocycles. The van der Waals surface area contributed by atoms with Crippen LogP contribution in [-0.4, -0.2) is 27.9 Å². The van der Waals surface area contributed by atoms with Gasteiger partial charge >= 0.3 is 39.1 Å². The Labute approximate surface area is 151 Å². The molecule has 0 fully saturated rings. The third-order valence-corrected chi connectivity index (χ3v) is 9.81. The highest BCUT2D eigenvalue weighted by molar-refractivity contribution is 7.72. The molecule has 27 heavy (non-hydrogen) atoms. The van der Waals surface area contributed by atoms with Crippen LogP contribution in [0.1, 0.15) is 13.8 Å². The fourth-order valence-corrected chi connectivity index (χ4v) is 7.98. The van der Waals surface area contributed by atoms with Gasteiger partial charge in [0.1, 0.15) is 0 Å². The van der Waals surface area contributed by atoms with Crippen molar-refractivity contribution in [1.82, 2.24) is 0 Å². The quantitative estimate of drug-likeness (QED) is 0.165. The lowest BCUT2D eigenvalue weighted by Crippen LogP contribution is -2.09. The summed E-state index contributed by atoms with van der Waals surface area (Å²) in [7, 11) is -27.3. The molecule has 0 aromatic carbocycles. The maximum Gasteiger partial charge on any atom is 0.516 e. The zero-order valence-corrected chi connectivity index (χ0v) is 17.9. The van der Waals surface area contributed by atoms with Crippen LogP contribution >= 0.6 is 39.1 Å². The molecule has 164 valence electrons. The van der Waals surface area contributed by atoms with E-state index in [0.29, 0.717) is 0 Å². The predicted octanol–water partition coefficient (Wildman–Crippen LogP) is 1.42. The number of hydrogen-bond acceptors (Lipinski definition) is 15. The molecule has 0 aromatic rings. The van der Waals surface area contributed by atoms with Crippen LogP contribution in [0.2, 0.25) is 0 Å². The van der Waals surface area contributed by atoms with Gasteiger partial charge in [0.2, 0.25) is 0 Å². The standard InChI is InChI=1S/C4H17N2O16P5/c1-3-15-25(12,20-24(10,11)19-23(7,8)9)21-26(13,16-4-2)22-27(14,17-5)18-6/h3-6H2,1-2H3,(H,10,11)(H2,7,8,9). The Morgan fingerprint density at radius 3 is 1.37 bits per heavy atom. The van der Waals surface area contributed by atoms with E-state index in [1.165, 1.54) is 6.92 Å². The molecule has 0 aliphatic carbocycles. The van der Waals surface area contributed by atoms with Gasteiger partial charge in [0.05, 0.1) is 13.2 Å². The zero-order chi connectivity index (χ0) is 21.6. The normalized spacial score (nSPS) is 19.8. The molecule has 3 atom stereocenters. The van der Waals surface area contributed by atoms with E-state index in [9.17, 15) is 27.7 Å². The van der Waals surface area contributed by atoms with Crippen LogP contribution in [0.5, 0.6) is 0 Å². The molecular weight excluding hydrogens is 487 g/mol. The Hall–Kier alpha value is 0.630. The lowest BCUT2D eigenvalue weighted by atomic mass is 10.9. The highest BCUT2D eigenvalue weighted by atomic mass is 31.3. The first-order valence-electron chi connectivity index (χ1n) is 6.17. The van der Waals surface area contributed by atoms with Gasteiger partial charge < -0.3 is 14.7 Å². The summed E-state index contributed by atoms with van der Waals surface area (Å²) in [6, 6.07) is 0. The van der Waals surface area contributed by atoms with E-state index in [2.05, 4.69) is 47.3 Å². The van der Waals surface area contributed by atoms with E-state index in [1.807, 2.05) is 0 Å². The largest absolute Gasteiger partial charge is 0.516 e. The van der Waals surface area contributed by atoms with E-state index in [1.54, 1.807) is 0 Å². The summed E-state index contributed by atoms with van der Waals surface area (Å²) in [4.78, 5) is 26.3. The molecule has 0 saturated carbocycles. The van der Waals surface area contributed by atoms with Crippen molar-refractivity contribution in [2.45, 2.75) is 13.8 Å². The van der Waals surface area contributed by atoms with Crippen LogP contribution in [0.3, 0.4) is 0 Å². The molecule has 0 radical (unpaired) electrons. The fourth-order valence-electron chi connectivity index (χ4n) is 1.02. The maximum absolute atomic E-state index is 12.4. The second kappa shape index (κ2) is 10.6. The first-order valence-corrected chi connectivity index (χ1v) is 13.6. The summed E-state index contributed by atoms with van der Waals surface area (Å²) < 4.78 is 90.7. The number of rotatable bonds is 14. The van der Waals surface area contributed by atoms with Gasteiger partial charge in [-0.15, -0.1) is 0 Å². The second-order valence-electron chi connectivity index (χ2n) is 3.67. The van der Waals surface area contributed by atoms with Gasteiger partial charge in [-0.2, -0.15) is 26.5 Å². The maximum atomic E-state index is 12.4. The second-order valence-corrected chi connectivity index (χ2v) is 11.8. The van der Waals surface area contributed by atoms with Crippen LogP contribution in [0.25, 0.3) is 0 Å². The molecule has 0 aliphatic rings. The van der Waals surface area contributed by atoms with Crippen LogP contribution in [0.4, 0.5) is 0 Å². The van der Waals surface area contributed by atoms with Crippen molar-refractivity contribution in [3.8, 4) is 0 Å². The Morgan fingerprint density at radius 1 is 0.667 bits per heavy atom. The topological polar surface area (TPSA) is 272 Å².